The number of carbonyl (C=O) groups is 1. The molecule has 2 aromatic carbocycles. The molecule has 160 valence electrons. The minimum atomic E-state index is -0.778. The van der Waals surface area contributed by atoms with Crippen molar-refractivity contribution >= 4 is 28.8 Å². The van der Waals surface area contributed by atoms with E-state index in [1.807, 2.05) is 0 Å². The summed E-state index contributed by atoms with van der Waals surface area (Å²) in [6.07, 6.45) is 1.09. The molecule has 0 spiro atoms. The molecule has 12 nitrogen and oxygen atoms in total. The third-order valence-electron chi connectivity index (χ3n) is 4.14. The number of H-pyrrole nitrogens is 1. The van der Waals surface area contributed by atoms with Crippen LogP contribution in [-0.2, 0) is 9.53 Å². The number of nitrogens with zero attached hydrogens (tertiary/aromatic N) is 3. The first-order chi connectivity index (χ1) is 14.8. The van der Waals surface area contributed by atoms with E-state index in [0.29, 0.717) is 10.2 Å². The maximum atomic E-state index is 12.5. The van der Waals surface area contributed by atoms with E-state index in [9.17, 15) is 24.5 Å². The predicted octanol–water partition coefficient (Wildman–Crippen LogP) is 1.04. The number of hydrogen-bond acceptors (Lipinski definition) is 9. The second-order valence-corrected chi connectivity index (χ2v) is 6.03. The van der Waals surface area contributed by atoms with Gasteiger partial charge in [-0.1, -0.05) is 12.1 Å². The summed E-state index contributed by atoms with van der Waals surface area (Å²) in [6, 6.07) is 8.84. The van der Waals surface area contributed by atoms with Crippen LogP contribution < -0.4 is 20.7 Å². The minimum absolute atomic E-state index is 0.0562. The van der Waals surface area contributed by atoms with Crippen LogP contribution in [0.2, 0.25) is 0 Å². The van der Waals surface area contributed by atoms with Gasteiger partial charge in [0, 0.05) is 11.6 Å². The van der Waals surface area contributed by atoms with E-state index >= 15 is 0 Å². The van der Waals surface area contributed by atoms with Gasteiger partial charge in [-0.3, -0.25) is 14.9 Å². The van der Waals surface area contributed by atoms with Gasteiger partial charge in [0.15, 0.2) is 12.4 Å². The molecule has 0 atom stereocenters. The number of fused-ring (bicyclic) bond motifs is 1. The highest BCUT2D eigenvalue weighted by atomic mass is 16.6. The van der Waals surface area contributed by atoms with Crippen molar-refractivity contribution in [3.8, 4) is 11.5 Å². The molecule has 0 bridgehead atoms. The van der Waals surface area contributed by atoms with Crippen LogP contribution in [0.1, 0.15) is 5.56 Å². The summed E-state index contributed by atoms with van der Waals surface area (Å²) in [6.45, 7) is -0.566. The number of nitrogens with one attached hydrogen (secondary N) is 1. The third kappa shape index (κ3) is 4.42. The average molecular weight is 428 g/mol. The number of rotatable bonds is 7. The number of benzene rings is 2. The molecule has 0 unspecified atom stereocenters. The van der Waals surface area contributed by atoms with Crippen molar-refractivity contribution in [1.82, 2.24) is 9.66 Å². The van der Waals surface area contributed by atoms with Crippen LogP contribution in [0.5, 0.6) is 11.5 Å². The van der Waals surface area contributed by atoms with E-state index in [1.54, 1.807) is 18.2 Å². The van der Waals surface area contributed by atoms with Crippen LogP contribution in [0, 0.1) is 10.1 Å². The van der Waals surface area contributed by atoms with Gasteiger partial charge in [-0.05, 0) is 18.2 Å². The molecule has 3 aromatic rings. The van der Waals surface area contributed by atoms with Crippen LogP contribution in [0.15, 0.2) is 51.1 Å². The van der Waals surface area contributed by atoms with E-state index in [2.05, 4.69) is 14.8 Å². The number of aromatic nitrogens is 2. The lowest BCUT2D eigenvalue weighted by Crippen LogP contribution is -2.32. The molecule has 1 N–H and O–H groups in total. The van der Waals surface area contributed by atoms with Gasteiger partial charge in [-0.25, -0.2) is 9.59 Å². The molecule has 12 heteroatoms. The topological polar surface area (TPSA) is 155 Å². The summed E-state index contributed by atoms with van der Waals surface area (Å²) >= 11 is 0. The Morgan fingerprint density at radius 3 is 2.68 bits per heavy atom. The van der Waals surface area contributed by atoms with E-state index in [1.165, 1.54) is 19.2 Å². The summed E-state index contributed by atoms with van der Waals surface area (Å²) in [5, 5.41) is 15.6. The van der Waals surface area contributed by atoms with Crippen molar-refractivity contribution < 1.29 is 23.9 Å². The molecule has 0 amide bonds. The standard InChI is InChI=1S/C19H16N4O8/c1-29-15-8-11(7-14(23(27)28)17(15)31-10-16(24)30-2)9-20-22-18(25)12-5-3-4-6-13(12)21-19(22)26/h3-9H,10H2,1-2H3,(H,21,26). The molecule has 0 aliphatic carbocycles. The summed E-state index contributed by atoms with van der Waals surface area (Å²) in [5.74, 6) is -1.08. The van der Waals surface area contributed by atoms with Crippen molar-refractivity contribution in [2.45, 2.75) is 0 Å². The van der Waals surface area contributed by atoms with Gasteiger partial charge in [0.2, 0.25) is 5.75 Å². The lowest BCUT2D eigenvalue weighted by atomic mass is 10.2. The second-order valence-electron chi connectivity index (χ2n) is 6.03. The van der Waals surface area contributed by atoms with E-state index in [-0.39, 0.29) is 22.4 Å². The van der Waals surface area contributed by atoms with Crippen molar-refractivity contribution in [3.63, 3.8) is 0 Å². The van der Waals surface area contributed by atoms with E-state index in [4.69, 9.17) is 9.47 Å². The first kappa shape index (κ1) is 21.2. The van der Waals surface area contributed by atoms with Gasteiger partial charge < -0.3 is 19.2 Å². The normalized spacial score (nSPS) is 10.9. The van der Waals surface area contributed by atoms with Gasteiger partial charge in [-0.2, -0.15) is 5.10 Å². The highest BCUT2D eigenvalue weighted by molar-refractivity contribution is 5.83. The summed E-state index contributed by atoms with van der Waals surface area (Å²) in [5.41, 5.74) is -1.44. The quantitative estimate of drug-likeness (QED) is 0.253. The average Bonchev–Trinajstić information content (AvgIpc) is 2.76. The Hall–Kier alpha value is -4.48. The van der Waals surface area contributed by atoms with Gasteiger partial charge in [-0.15, -0.1) is 4.68 Å². The number of aromatic amines is 1. The fourth-order valence-electron chi connectivity index (χ4n) is 2.69. The van der Waals surface area contributed by atoms with Gasteiger partial charge in [0.05, 0.1) is 36.3 Å². The Kier molecular flexibility index (Phi) is 6.10. The number of nitro benzene ring substituents is 1. The summed E-state index contributed by atoms with van der Waals surface area (Å²) in [7, 11) is 2.40. The third-order valence-corrected chi connectivity index (χ3v) is 4.14. The first-order valence-corrected chi connectivity index (χ1v) is 8.70. The molecule has 0 aliphatic rings. The summed E-state index contributed by atoms with van der Waals surface area (Å²) in [4.78, 5) is 49.3. The minimum Gasteiger partial charge on any atom is -0.493 e. The Labute approximate surface area is 173 Å². The zero-order valence-electron chi connectivity index (χ0n) is 16.4. The molecule has 0 fully saturated rings. The second kappa shape index (κ2) is 8.90. The first-order valence-electron chi connectivity index (χ1n) is 8.70. The highest BCUT2D eigenvalue weighted by Crippen LogP contribution is 2.38. The fourth-order valence-corrected chi connectivity index (χ4v) is 2.69. The molecule has 31 heavy (non-hydrogen) atoms. The lowest BCUT2D eigenvalue weighted by molar-refractivity contribution is -0.385. The largest absolute Gasteiger partial charge is 0.493 e. The number of para-hydroxylation sites is 1. The number of hydrogen-bond donors (Lipinski definition) is 1. The van der Waals surface area contributed by atoms with Crippen LogP contribution in [0.3, 0.4) is 0 Å². The van der Waals surface area contributed by atoms with E-state index < -0.39 is 34.4 Å². The number of nitro groups is 1. The Morgan fingerprint density at radius 1 is 1.26 bits per heavy atom. The number of methoxy groups -OCH3 is 2. The molecule has 0 saturated carbocycles. The van der Waals surface area contributed by atoms with Crippen molar-refractivity contribution in [2.75, 3.05) is 20.8 Å². The van der Waals surface area contributed by atoms with Gasteiger partial charge in [0.25, 0.3) is 5.56 Å². The summed E-state index contributed by atoms with van der Waals surface area (Å²) < 4.78 is 15.4. The smallest absolute Gasteiger partial charge is 0.349 e. The molecule has 1 heterocycles. The molecule has 0 aliphatic heterocycles. The van der Waals surface area contributed by atoms with Crippen LogP contribution in [0.4, 0.5) is 5.69 Å². The maximum absolute atomic E-state index is 12.5. The number of esters is 1. The predicted molar refractivity (Wildman–Crippen MR) is 109 cm³/mol. The van der Waals surface area contributed by atoms with E-state index in [0.717, 1.165) is 19.4 Å². The maximum Gasteiger partial charge on any atom is 0.349 e. The zero-order valence-corrected chi connectivity index (χ0v) is 16.4. The highest BCUT2D eigenvalue weighted by Gasteiger charge is 2.23. The van der Waals surface area contributed by atoms with Crippen LogP contribution >= 0.6 is 0 Å². The Morgan fingerprint density at radius 2 is 2.00 bits per heavy atom. The zero-order chi connectivity index (χ0) is 22.5. The Bertz CT molecular complexity index is 1310. The van der Waals surface area contributed by atoms with Gasteiger partial charge in [0.1, 0.15) is 0 Å². The molecule has 3 rings (SSSR count). The van der Waals surface area contributed by atoms with Crippen molar-refractivity contribution in [1.29, 1.82) is 0 Å². The number of ether oxygens (including phenoxy) is 3. The van der Waals surface area contributed by atoms with Crippen molar-refractivity contribution in [3.05, 3.63) is 72.9 Å². The molecule has 0 saturated heterocycles. The molecular formula is C19H16N4O8. The Balaban J connectivity index is 2.05. The van der Waals surface area contributed by atoms with Crippen molar-refractivity contribution in [2.24, 2.45) is 5.10 Å². The van der Waals surface area contributed by atoms with Gasteiger partial charge >= 0.3 is 17.3 Å². The fraction of sp³-hybridized carbons (Fsp3) is 0.158. The number of carbonyl (C=O) groups excluding carboxylic acids is 1. The van der Waals surface area contributed by atoms with Crippen LogP contribution in [0.25, 0.3) is 10.9 Å². The molecule has 1 aromatic heterocycles. The SMILES string of the molecule is COC(=O)COc1c(OC)cc(C=Nn2c(=O)[nH]c3ccccc3c2=O)cc1[N+](=O)[O-]. The lowest BCUT2D eigenvalue weighted by Gasteiger charge is -2.11. The molecule has 0 radical (unpaired) electrons. The van der Waals surface area contributed by atoms with Crippen LogP contribution in [-0.4, -0.2) is 47.6 Å². The monoisotopic (exact) mass is 428 g/mol. The molecular weight excluding hydrogens is 412 g/mol.